The number of amides is 1. The maximum Gasteiger partial charge on any atom is 0.234 e. The molecule has 0 saturated heterocycles. The molecule has 112 valence electrons. The molecule has 1 rings (SSSR count). The molecule has 0 aliphatic heterocycles. The van der Waals surface area contributed by atoms with Gasteiger partial charge in [0.2, 0.25) is 5.91 Å². The number of halogens is 1. The summed E-state index contributed by atoms with van der Waals surface area (Å²) in [4.78, 5) is 11.8. The molecule has 5 heteroatoms. The Morgan fingerprint density at radius 3 is 2.55 bits per heavy atom. The highest BCUT2D eigenvalue weighted by atomic mass is 79.9. The van der Waals surface area contributed by atoms with E-state index < -0.39 is 0 Å². The van der Waals surface area contributed by atoms with Gasteiger partial charge in [-0.05, 0) is 61.3 Å². The monoisotopic (exact) mass is 342 g/mol. The maximum atomic E-state index is 11.8. The van der Waals surface area contributed by atoms with Crippen molar-refractivity contribution in [2.75, 3.05) is 13.7 Å². The lowest BCUT2D eigenvalue weighted by molar-refractivity contribution is -0.121. The van der Waals surface area contributed by atoms with Crippen molar-refractivity contribution in [3.05, 3.63) is 28.2 Å². The van der Waals surface area contributed by atoms with E-state index in [0.717, 1.165) is 15.8 Å². The van der Waals surface area contributed by atoms with E-state index in [0.29, 0.717) is 6.54 Å². The van der Waals surface area contributed by atoms with Gasteiger partial charge in [-0.3, -0.25) is 4.79 Å². The van der Waals surface area contributed by atoms with Crippen LogP contribution in [0, 0.1) is 0 Å². The van der Waals surface area contributed by atoms with Crippen LogP contribution < -0.4 is 15.4 Å². The van der Waals surface area contributed by atoms with Crippen LogP contribution >= 0.6 is 15.9 Å². The molecule has 20 heavy (non-hydrogen) atoms. The van der Waals surface area contributed by atoms with E-state index in [1.807, 2.05) is 45.9 Å². The molecule has 0 fully saturated rings. The fraction of sp³-hybridized carbons (Fsp3) is 0.533. The molecule has 1 amide bonds. The SMILES string of the molecule is COc1ccc(C(C)NCC(=O)NC(C)(C)C)cc1Br. The van der Waals surface area contributed by atoms with Gasteiger partial charge in [-0.2, -0.15) is 0 Å². The Hall–Kier alpha value is -1.07. The third-order valence-corrected chi connectivity index (χ3v) is 3.38. The second kappa shape index (κ2) is 7.09. The van der Waals surface area contributed by atoms with Gasteiger partial charge in [-0.15, -0.1) is 0 Å². The minimum atomic E-state index is -0.203. The zero-order valence-electron chi connectivity index (χ0n) is 12.7. The van der Waals surface area contributed by atoms with Gasteiger partial charge >= 0.3 is 0 Å². The van der Waals surface area contributed by atoms with Gasteiger partial charge in [-0.1, -0.05) is 6.07 Å². The van der Waals surface area contributed by atoms with Crippen molar-refractivity contribution in [2.24, 2.45) is 0 Å². The first-order valence-electron chi connectivity index (χ1n) is 6.61. The molecule has 1 unspecified atom stereocenters. The summed E-state index contributed by atoms with van der Waals surface area (Å²) < 4.78 is 6.11. The Morgan fingerprint density at radius 2 is 2.05 bits per heavy atom. The minimum absolute atomic E-state index is 0.00285. The van der Waals surface area contributed by atoms with Crippen LogP contribution in [0.25, 0.3) is 0 Å². The van der Waals surface area contributed by atoms with Gasteiger partial charge in [0.25, 0.3) is 0 Å². The Balaban J connectivity index is 2.57. The fourth-order valence-electron chi connectivity index (χ4n) is 1.78. The highest BCUT2D eigenvalue weighted by Crippen LogP contribution is 2.27. The van der Waals surface area contributed by atoms with Gasteiger partial charge in [0.15, 0.2) is 0 Å². The van der Waals surface area contributed by atoms with Crippen LogP contribution in [0.2, 0.25) is 0 Å². The largest absolute Gasteiger partial charge is 0.496 e. The summed E-state index contributed by atoms with van der Waals surface area (Å²) in [6, 6.07) is 5.98. The standard InChI is InChI=1S/C15H23BrN2O2/c1-10(17-9-14(19)18-15(2,3)4)11-6-7-13(20-5)12(16)8-11/h6-8,10,17H,9H2,1-5H3,(H,18,19). The first kappa shape index (κ1) is 17.0. The molecule has 2 N–H and O–H groups in total. The Bertz CT molecular complexity index is 469. The number of carbonyl (C=O) groups excluding carboxylic acids is 1. The highest BCUT2D eigenvalue weighted by molar-refractivity contribution is 9.10. The van der Waals surface area contributed by atoms with E-state index >= 15 is 0 Å². The summed E-state index contributed by atoms with van der Waals surface area (Å²) in [7, 11) is 1.64. The number of rotatable bonds is 5. The minimum Gasteiger partial charge on any atom is -0.496 e. The van der Waals surface area contributed by atoms with Crippen molar-refractivity contribution in [3.63, 3.8) is 0 Å². The summed E-state index contributed by atoms with van der Waals surface area (Å²) in [5, 5.41) is 6.14. The third kappa shape index (κ3) is 5.51. The van der Waals surface area contributed by atoms with Gasteiger partial charge in [0.05, 0.1) is 18.1 Å². The molecule has 0 heterocycles. The first-order valence-corrected chi connectivity index (χ1v) is 7.40. The summed E-state index contributed by atoms with van der Waals surface area (Å²) in [6.45, 7) is 8.22. The second-order valence-corrected chi connectivity index (χ2v) is 6.65. The molecule has 0 bridgehead atoms. The molecule has 1 atom stereocenters. The molecule has 0 saturated carbocycles. The van der Waals surface area contributed by atoms with E-state index in [1.54, 1.807) is 7.11 Å². The smallest absolute Gasteiger partial charge is 0.234 e. The van der Waals surface area contributed by atoms with Crippen molar-refractivity contribution in [1.29, 1.82) is 0 Å². The Morgan fingerprint density at radius 1 is 1.40 bits per heavy atom. The molecule has 1 aromatic rings. The van der Waals surface area contributed by atoms with Crippen molar-refractivity contribution in [2.45, 2.75) is 39.3 Å². The molecule has 1 aromatic carbocycles. The number of hydrogen-bond donors (Lipinski definition) is 2. The number of hydrogen-bond acceptors (Lipinski definition) is 3. The third-order valence-electron chi connectivity index (χ3n) is 2.76. The predicted octanol–water partition coefficient (Wildman–Crippen LogP) is 3.02. The highest BCUT2D eigenvalue weighted by Gasteiger charge is 2.15. The van der Waals surface area contributed by atoms with E-state index in [2.05, 4.69) is 26.6 Å². The average molecular weight is 343 g/mol. The topological polar surface area (TPSA) is 50.4 Å². The van der Waals surface area contributed by atoms with E-state index in [-0.39, 0.29) is 17.5 Å². The Labute approximate surface area is 129 Å². The van der Waals surface area contributed by atoms with Crippen LogP contribution in [-0.2, 0) is 4.79 Å². The summed E-state index contributed by atoms with van der Waals surface area (Å²) in [6.07, 6.45) is 0. The van der Waals surface area contributed by atoms with Crippen LogP contribution in [0.1, 0.15) is 39.3 Å². The van der Waals surface area contributed by atoms with Crippen molar-refractivity contribution >= 4 is 21.8 Å². The number of methoxy groups -OCH3 is 1. The summed E-state index contributed by atoms with van der Waals surface area (Å²) >= 11 is 3.46. The van der Waals surface area contributed by atoms with Gasteiger partial charge in [0, 0.05) is 11.6 Å². The number of benzene rings is 1. The molecule has 0 spiro atoms. The van der Waals surface area contributed by atoms with E-state index in [4.69, 9.17) is 4.74 Å². The molecular weight excluding hydrogens is 320 g/mol. The van der Waals surface area contributed by atoms with Crippen LogP contribution in [0.3, 0.4) is 0 Å². The lowest BCUT2D eigenvalue weighted by Crippen LogP contribution is -2.45. The maximum absolute atomic E-state index is 11.8. The van der Waals surface area contributed by atoms with Crippen LogP contribution in [0.5, 0.6) is 5.75 Å². The Kier molecular flexibility index (Phi) is 6.02. The molecule has 0 aliphatic rings. The zero-order chi connectivity index (χ0) is 15.3. The quantitative estimate of drug-likeness (QED) is 0.864. The molecule has 0 radical (unpaired) electrons. The molecule has 0 aliphatic carbocycles. The van der Waals surface area contributed by atoms with Crippen LogP contribution in [0.15, 0.2) is 22.7 Å². The average Bonchev–Trinajstić information content (AvgIpc) is 2.33. The lowest BCUT2D eigenvalue weighted by atomic mass is 10.1. The molecular formula is C15H23BrN2O2. The van der Waals surface area contributed by atoms with Crippen LogP contribution in [0.4, 0.5) is 0 Å². The normalized spacial score (nSPS) is 12.9. The van der Waals surface area contributed by atoms with Gasteiger partial charge in [-0.25, -0.2) is 0 Å². The molecule has 0 aromatic heterocycles. The molecule has 4 nitrogen and oxygen atoms in total. The number of ether oxygens (including phenoxy) is 1. The lowest BCUT2D eigenvalue weighted by Gasteiger charge is -2.22. The zero-order valence-corrected chi connectivity index (χ0v) is 14.3. The van der Waals surface area contributed by atoms with E-state index in [1.165, 1.54) is 0 Å². The predicted molar refractivity (Wildman–Crippen MR) is 85.0 cm³/mol. The van der Waals surface area contributed by atoms with Crippen LogP contribution in [-0.4, -0.2) is 25.1 Å². The van der Waals surface area contributed by atoms with Crippen molar-refractivity contribution in [3.8, 4) is 5.75 Å². The summed E-state index contributed by atoms with van der Waals surface area (Å²) in [5.41, 5.74) is 0.895. The van der Waals surface area contributed by atoms with E-state index in [9.17, 15) is 4.79 Å². The number of carbonyl (C=O) groups is 1. The fourth-order valence-corrected chi connectivity index (χ4v) is 2.34. The second-order valence-electron chi connectivity index (χ2n) is 5.79. The number of nitrogens with one attached hydrogen (secondary N) is 2. The van der Waals surface area contributed by atoms with Gasteiger partial charge < -0.3 is 15.4 Å². The van der Waals surface area contributed by atoms with Crippen molar-refractivity contribution in [1.82, 2.24) is 10.6 Å². The first-order chi connectivity index (χ1) is 9.23. The van der Waals surface area contributed by atoms with Gasteiger partial charge in [0.1, 0.15) is 5.75 Å². The summed E-state index contributed by atoms with van der Waals surface area (Å²) in [5.74, 6) is 0.795. The van der Waals surface area contributed by atoms with Crippen molar-refractivity contribution < 1.29 is 9.53 Å².